The number of hydrogen-bond acceptors (Lipinski definition) is 5. The van der Waals surface area contributed by atoms with Crippen molar-refractivity contribution < 1.29 is 23.7 Å². The van der Waals surface area contributed by atoms with E-state index >= 15 is 0 Å². The van der Waals surface area contributed by atoms with Gasteiger partial charge in [-0.15, -0.1) is 11.3 Å². The van der Waals surface area contributed by atoms with Crippen LogP contribution in [0.3, 0.4) is 0 Å². The molecule has 34 heavy (non-hydrogen) atoms. The Morgan fingerprint density at radius 3 is 2.53 bits per heavy atom. The Morgan fingerprint density at radius 1 is 1.18 bits per heavy atom. The molecule has 2 aromatic carbocycles. The molecule has 1 aliphatic rings. The van der Waals surface area contributed by atoms with Crippen molar-refractivity contribution >= 4 is 47.4 Å². The molecule has 2 N–H and O–H groups in total. The molecule has 180 valence electrons. The zero-order valence-electron chi connectivity index (χ0n) is 19.0. The molecule has 0 aliphatic carbocycles. The van der Waals surface area contributed by atoms with Crippen molar-refractivity contribution in [2.24, 2.45) is 5.92 Å². The van der Waals surface area contributed by atoms with Gasteiger partial charge in [0.05, 0.1) is 17.6 Å². The second kappa shape index (κ2) is 10.6. The molecule has 1 unspecified atom stereocenters. The highest BCUT2D eigenvalue weighted by atomic mass is 35.5. The predicted octanol–water partition coefficient (Wildman–Crippen LogP) is 6.76. The Bertz CT molecular complexity index is 1220. The highest BCUT2D eigenvalue weighted by Crippen LogP contribution is 2.50. The lowest BCUT2D eigenvalue weighted by Gasteiger charge is -2.27. The van der Waals surface area contributed by atoms with E-state index in [1.807, 2.05) is 38.1 Å². The SMILES string of the molecule is Cc1ccc(P(=O)(Nc2cc(-c3ccc(Cl)cc3)sc2C(=O)O)OCC2CCOCC2)c(C)c1. The molecule has 0 spiro atoms. The van der Waals surface area contributed by atoms with Gasteiger partial charge >= 0.3 is 13.5 Å². The number of carbonyl (C=O) groups is 1. The highest BCUT2D eigenvalue weighted by molar-refractivity contribution is 7.68. The number of nitrogens with one attached hydrogen (secondary N) is 1. The van der Waals surface area contributed by atoms with Gasteiger partial charge < -0.3 is 19.5 Å². The summed E-state index contributed by atoms with van der Waals surface area (Å²) in [5.41, 5.74) is 2.98. The van der Waals surface area contributed by atoms with Crippen LogP contribution >= 0.6 is 30.5 Å². The van der Waals surface area contributed by atoms with Gasteiger partial charge in [-0.25, -0.2) is 4.79 Å². The summed E-state index contributed by atoms with van der Waals surface area (Å²) in [6.07, 6.45) is 1.68. The third kappa shape index (κ3) is 5.73. The summed E-state index contributed by atoms with van der Waals surface area (Å²) in [5.74, 6) is -0.856. The summed E-state index contributed by atoms with van der Waals surface area (Å²) in [6, 6.07) is 14.5. The number of rotatable bonds is 8. The molecule has 9 heteroatoms. The molecule has 1 aliphatic heterocycles. The van der Waals surface area contributed by atoms with Crippen LogP contribution < -0.4 is 10.4 Å². The summed E-state index contributed by atoms with van der Waals surface area (Å²) >= 11 is 7.12. The van der Waals surface area contributed by atoms with E-state index in [-0.39, 0.29) is 16.5 Å². The van der Waals surface area contributed by atoms with Crippen molar-refractivity contribution in [2.45, 2.75) is 26.7 Å². The number of ether oxygens (including phenoxy) is 1. The number of carboxylic acids is 1. The molecule has 2 heterocycles. The topological polar surface area (TPSA) is 84.9 Å². The van der Waals surface area contributed by atoms with E-state index < -0.39 is 13.5 Å². The number of benzene rings is 2. The fraction of sp³-hybridized carbons (Fsp3) is 0.320. The molecular weight excluding hydrogens is 493 g/mol. The predicted molar refractivity (Wildman–Crippen MR) is 138 cm³/mol. The van der Waals surface area contributed by atoms with Gasteiger partial charge in [-0.05, 0) is 68.0 Å². The summed E-state index contributed by atoms with van der Waals surface area (Å²) in [7, 11) is -3.64. The van der Waals surface area contributed by atoms with Crippen molar-refractivity contribution in [1.29, 1.82) is 0 Å². The van der Waals surface area contributed by atoms with E-state index in [1.165, 1.54) is 0 Å². The molecule has 0 bridgehead atoms. The number of aryl methyl sites for hydroxylation is 2. The minimum absolute atomic E-state index is 0.0737. The minimum atomic E-state index is -3.64. The Kier molecular flexibility index (Phi) is 7.80. The smallest absolute Gasteiger partial charge is 0.348 e. The van der Waals surface area contributed by atoms with Crippen molar-refractivity contribution in [3.63, 3.8) is 0 Å². The highest BCUT2D eigenvalue weighted by Gasteiger charge is 2.32. The molecule has 4 rings (SSSR count). The lowest BCUT2D eigenvalue weighted by Crippen LogP contribution is -2.23. The van der Waals surface area contributed by atoms with Crippen LogP contribution in [0, 0.1) is 19.8 Å². The molecule has 1 atom stereocenters. The number of carboxylic acid groups (broad SMARTS) is 1. The van der Waals surface area contributed by atoms with Gasteiger partial charge in [0.1, 0.15) is 4.88 Å². The third-order valence-electron chi connectivity index (χ3n) is 5.83. The molecule has 6 nitrogen and oxygen atoms in total. The van der Waals surface area contributed by atoms with Gasteiger partial charge in [0.15, 0.2) is 0 Å². The van der Waals surface area contributed by atoms with E-state index in [9.17, 15) is 14.5 Å². The Morgan fingerprint density at radius 2 is 1.88 bits per heavy atom. The number of anilines is 1. The molecular formula is C25H27ClNO5PS. The van der Waals surface area contributed by atoms with Crippen LogP contribution in [0.2, 0.25) is 5.02 Å². The maximum atomic E-state index is 14.4. The molecule has 0 saturated carbocycles. The zero-order chi connectivity index (χ0) is 24.3. The van der Waals surface area contributed by atoms with Gasteiger partial charge in [0.25, 0.3) is 0 Å². The maximum Gasteiger partial charge on any atom is 0.348 e. The second-order valence-corrected chi connectivity index (χ2v) is 12.0. The van der Waals surface area contributed by atoms with E-state index in [2.05, 4.69) is 5.09 Å². The van der Waals surface area contributed by atoms with Crippen molar-refractivity contribution in [2.75, 3.05) is 24.9 Å². The molecule has 1 aromatic heterocycles. The third-order valence-corrected chi connectivity index (χ3v) is 9.43. The summed E-state index contributed by atoms with van der Waals surface area (Å²) in [5, 5.41) is 14.0. The number of aromatic carboxylic acids is 1. The van der Waals surface area contributed by atoms with Crippen LogP contribution in [-0.2, 0) is 13.8 Å². The first-order valence-corrected chi connectivity index (χ1v) is 13.9. The van der Waals surface area contributed by atoms with Crippen LogP contribution in [0.5, 0.6) is 0 Å². The van der Waals surface area contributed by atoms with E-state index in [0.717, 1.165) is 45.7 Å². The lowest BCUT2D eigenvalue weighted by molar-refractivity contribution is 0.0506. The summed E-state index contributed by atoms with van der Waals surface area (Å²) < 4.78 is 25.9. The van der Waals surface area contributed by atoms with Gasteiger partial charge in [-0.1, -0.05) is 41.4 Å². The second-order valence-electron chi connectivity index (χ2n) is 8.47. The zero-order valence-corrected chi connectivity index (χ0v) is 21.5. The first-order chi connectivity index (χ1) is 16.2. The molecule has 1 fully saturated rings. The number of thiophene rings is 1. The van der Waals surface area contributed by atoms with Crippen LogP contribution in [-0.4, -0.2) is 30.9 Å². The summed E-state index contributed by atoms with van der Waals surface area (Å²) in [4.78, 5) is 12.9. The van der Waals surface area contributed by atoms with Crippen molar-refractivity contribution in [3.8, 4) is 10.4 Å². The van der Waals surface area contributed by atoms with Gasteiger partial charge in [0.2, 0.25) is 0 Å². The van der Waals surface area contributed by atoms with Crippen LogP contribution in [0.4, 0.5) is 5.69 Å². The van der Waals surface area contributed by atoms with Crippen LogP contribution in [0.15, 0.2) is 48.5 Å². The largest absolute Gasteiger partial charge is 0.477 e. The average Bonchev–Trinajstić information content (AvgIpc) is 3.22. The van der Waals surface area contributed by atoms with Gasteiger partial charge in [-0.2, -0.15) is 0 Å². The Hall–Kier alpha value is -2.15. The fourth-order valence-corrected chi connectivity index (χ4v) is 7.17. The minimum Gasteiger partial charge on any atom is -0.477 e. The molecule has 0 amide bonds. The maximum absolute atomic E-state index is 14.4. The Labute approximate surface area is 208 Å². The van der Waals surface area contributed by atoms with E-state index in [1.54, 1.807) is 24.3 Å². The van der Waals surface area contributed by atoms with E-state index in [0.29, 0.717) is 30.1 Å². The van der Waals surface area contributed by atoms with Crippen molar-refractivity contribution in [1.82, 2.24) is 0 Å². The molecule has 3 aromatic rings. The quantitative estimate of drug-likeness (QED) is 0.320. The van der Waals surface area contributed by atoms with Gasteiger partial charge in [-0.3, -0.25) is 4.57 Å². The summed E-state index contributed by atoms with van der Waals surface area (Å²) in [6.45, 7) is 5.48. The molecule has 1 saturated heterocycles. The van der Waals surface area contributed by atoms with Crippen LogP contribution in [0.25, 0.3) is 10.4 Å². The lowest BCUT2D eigenvalue weighted by atomic mass is 10.0. The first-order valence-electron chi connectivity index (χ1n) is 11.1. The van der Waals surface area contributed by atoms with Crippen molar-refractivity contribution in [3.05, 3.63) is 69.6 Å². The number of hydrogen-bond donors (Lipinski definition) is 2. The fourth-order valence-electron chi connectivity index (χ4n) is 3.97. The van der Waals surface area contributed by atoms with Gasteiger partial charge in [0, 0.05) is 23.1 Å². The molecule has 0 radical (unpaired) electrons. The normalized spacial score (nSPS) is 16.2. The average molecular weight is 520 g/mol. The monoisotopic (exact) mass is 519 g/mol. The number of halogens is 1. The van der Waals surface area contributed by atoms with Crippen LogP contribution in [0.1, 0.15) is 33.6 Å². The van der Waals surface area contributed by atoms with E-state index in [4.69, 9.17) is 20.9 Å². The first kappa shape index (κ1) is 25.0. The standard InChI is InChI=1S/C25H27ClNO5PS/c1-16-3-8-22(17(2)13-16)33(30,32-15-18-9-11-31-12-10-18)27-21-14-23(34-24(21)25(28)29)19-4-6-20(26)7-5-19/h3-8,13-14,18H,9-12,15H2,1-2H3,(H,27,30)(H,28,29). The Balaban J connectivity index is 1.71.